The van der Waals surface area contributed by atoms with Crippen LogP contribution in [0.4, 0.5) is 0 Å². The van der Waals surface area contributed by atoms with Crippen LogP contribution in [-0.2, 0) is 6.42 Å². The van der Waals surface area contributed by atoms with Crippen molar-refractivity contribution in [3.8, 4) is 17.0 Å². The number of aromatic nitrogens is 1. The Labute approximate surface area is 118 Å². The van der Waals surface area contributed by atoms with E-state index >= 15 is 0 Å². The smallest absolute Gasteiger partial charge is 0.128 e. The van der Waals surface area contributed by atoms with Gasteiger partial charge in [0.2, 0.25) is 0 Å². The number of thiazole rings is 1. The third-order valence-electron chi connectivity index (χ3n) is 3.14. The number of aryl methyl sites for hydroxylation is 1. The molecular formula is C15H20N2OS. The Kier molecular flexibility index (Phi) is 4.56. The maximum atomic E-state index is 5.98. The van der Waals surface area contributed by atoms with Crippen molar-refractivity contribution in [2.45, 2.75) is 32.7 Å². The predicted molar refractivity (Wildman–Crippen MR) is 80.8 cm³/mol. The third kappa shape index (κ3) is 3.33. The first-order valence-corrected chi connectivity index (χ1v) is 7.37. The molecule has 0 radical (unpaired) electrons. The zero-order valence-corrected chi connectivity index (χ0v) is 12.5. The lowest BCUT2D eigenvalue weighted by Crippen LogP contribution is -2.21. The van der Waals surface area contributed by atoms with E-state index in [4.69, 9.17) is 10.5 Å². The second-order valence-corrected chi connectivity index (χ2v) is 5.65. The van der Waals surface area contributed by atoms with E-state index in [9.17, 15) is 0 Å². The fourth-order valence-electron chi connectivity index (χ4n) is 1.92. The number of rotatable bonds is 5. The molecule has 4 heteroatoms. The summed E-state index contributed by atoms with van der Waals surface area (Å²) in [5, 5.41) is 3.17. The molecule has 0 amide bonds. The molecule has 0 saturated carbocycles. The van der Waals surface area contributed by atoms with Crippen molar-refractivity contribution in [2.75, 3.05) is 7.11 Å². The minimum atomic E-state index is 0.193. The van der Waals surface area contributed by atoms with E-state index in [1.165, 1.54) is 5.56 Å². The summed E-state index contributed by atoms with van der Waals surface area (Å²) in [5.74, 6) is 0.863. The zero-order valence-electron chi connectivity index (χ0n) is 11.6. The molecule has 2 N–H and O–H groups in total. The highest BCUT2D eigenvalue weighted by molar-refractivity contribution is 7.09. The molecule has 3 nitrogen and oxygen atoms in total. The molecule has 1 aromatic carbocycles. The summed E-state index contributed by atoms with van der Waals surface area (Å²) in [5.41, 5.74) is 9.21. The molecule has 19 heavy (non-hydrogen) atoms. The van der Waals surface area contributed by atoms with Gasteiger partial charge in [-0.1, -0.05) is 18.6 Å². The number of ether oxygens (including phenoxy) is 1. The van der Waals surface area contributed by atoms with Gasteiger partial charge in [0.05, 0.1) is 17.8 Å². The normalized spacial score (nSPS) is 12.4. The number of methoxy groups -OCH3 is 1. The summed E-state index contributed by atoms with van der Waals surface area (Å²) in [4.78, 5) is 4.68. The van der Waals surface area contributed by atoms with Crippen LogP contribution in [0.2, 0.25) is 0 Å². The maximum absolute atomic E-state index is 5.98. The lowest BCUT2D eigenvalue weighted by atomic mass is 10.1. The monoisotopic (exact) mass is 276 g/mol. The van der Waals surface area contributed by atoms with Gasteiger partial charge in [0.25, 0.3) is 0 Å². The van der Waals surface area contributed by atoms with Crippen LogP contribution in [0.15, 0.2) is 23.6 Å². The average molecular weight is 276 g/mol. The fourth-order valence-corrected chi connectivity index (χ4v) is 2.81. The summed E-state index contributed by atoms with van der Waals surface area (Å²) in [7, 11) is 1.69. The first-order valence-electron chi connectivity index (χ1n) is 6.49. The first kappa shape index (κ1) is 14.0. The molecule has 0 aliphatic rings. The molecule has 1 atom stereocenters. The molecule has 0 bridgehead atoms. The van der Waals surface area contributed by atoms with Gasteiger partial charge in [-0.3, -0.25) is 0 Å². The van der Waals surface area contributed by atoms with Crippen molar-refractivity contribution in [1.29, 1.82) is 0 Å². The van der Waals surface area contributed by atoms with E-state index in [0.717, 1.165) is 34.9 Å². The van der Waals surface area contributed by atoms with Crippen LogP contribution in [0, 0.1) is 6.92 Å². The topological polar surface area (TPSA) is 48.1 Å². The quantitative estimate of drug-likeness (QED) is 0.910. The van der Waals surface area contributed by atoms with E-state index in [1.54, 1.807) is 18.4 Å². The Morgan fingerprint density at radius 2 is 2.21 bits per heavy atom. The Bertz CT molecular complexity index is 551. The van der Waals surface area contributed by atoms with Gasteiger partial charge in [-0.15, -0.1) is 11.3 Å². The highest BCUT2D eigenvalue weighted by Crippen LogP contribution is 2.31. The van der Waals surface area contributed by atoms with Crippen molar-refractivity contribution < 1.29 is 4.74 Å². The number of hydrogen-bond donors (Lipinski definition) is 1. The Balaban J connectivity index is 2.29. The Morgan fingerprint density at radius 3 is 2.89 bits per heavy atom. The van der Waals surface area contributed by atoms with Gasteiger partial charge in [-0.05, 0) is 25.5 Å². The van der Waals surface area contributed by atoms with Crippen molar-refractivity contribution in [3.63, 3.8) is 0 Å². The number of benzene rings is 1. The maximum Gasteiger partial charge on any atom is 0.128 e. The summed E-state index contributed by atoms with van der Waals surface area (Å²) in [6.45, 7) is 4.17. The van der Waals surface area contributed by atoms with Crippen molar-refractivity contribution in [2.24, 2.45) is 5.73 Å². The van der Waals surface area contributed by atoms with E-state index in [2.05, 4.69) is 30.3 Å². The van der Waals surface area contributed by atoms with Gasteiger partial charge in [0.15, 0.2) is 0 Å². The van der Waals surface area contributed by atoms with Crippen LogP contribution in [-0.4, -0.2) is 18.1 Å². The SMILES string of the molecule is CCC(N)Cc1nc(-c2cc(C)ccc2OC)cs1. The minimum Gasteiger partial charge on any atom is -0.496 e. The van der Waals surface area contributed by atoms with Crippen LogP contribution in [0.3, 0.4) is 0 Å². The van der Waals surface area contributed by atoms with Crippen LogP contribution in [0.1, 0.15) is 23.9 Å². The van der Waals surface area contributed by atoms with Gasteiger partial charge in [-0.2, -0.15) is 0 Å². The number of nitrogens with zero attached hydrogens (tertiary/aromatic N) is 1. The van der Waals surface area contributed by atoms with Gasteiger partial charge in [0, 0.05) is 23.4 Å². The van der Waals surface area contributed by atoms with Gasteiger partial charge in [-0.25, -0.2) is 4.98 Å². The molecule has 2 rings (SSSR count). The lowest BCUT2D eigenvalue weighted by Gasteiger charge is -2.07. The van der Waals surface area contributed by atoms with Gasteiger partial charge in [0.1, 0.15) is 5.75 Å². The molecular weight excluding hydrogens is 256 g/mol. The molecule has 1 unspecified atom stereocenters. The van der Waals surface area contributed by atoms with Gasteiger partial charge >= 0.3 is 0 Å². The molecule has 0 saturated heterocycles. The second kappa shape index (κ2) is 6.17. The summed E-state index contributed by atoms with van der Waals surface area (Å²) < 4.78 is 5.41. The second-order valence-electron chi connectivity index (χ2n) is 4.70. The van der Waals surface area contributed by atoms with E-state index < -0.39 is 0 Å². The van der Waals surface area contributed by atoms with E-state index in [0.29, 0.717) is 0 Å². The van der Waals surface area contributed by atoms with E-state index in [-0.39, 0.29) is 6.04 Å². The average Bonchev–Trinajstić information content (AvgIpc) is 2.86. The van der Waals surface area contributed by atoms with Crippen LogP contribution < -0.4 is 10.5 Å². The largest absolute Gasteiger partial charge is 0.496 e. The van der Waals surface area contributed by atoms with Crippen LogP contribution in [0.25, 0.3) is 11.3 Å². The first-order chi connectivity index (χ1) is 9.13. The summed E-state index contributed by atoms with van der Waals surface area (Å²) >= 11 is 1.67. The van der Waals surface area contributed by atoms with Crippen molar-refractivity contribution in [1.82, 2.24) is 4.98 Å². The van der Waals surface area contributed by atoms with Gasteiger partial charge < -0.3 is 10.5 Å². The molecule has 1 aromatic heterocycles. The van der Waals surface area contributed by atoms with Crippen LogP contribution in [0.5, 0.6) is 5.75 Å². The standard InChI is InChI=1S/C15H20N2OS/c1-4-11(16)8-15-17-13(9-19-15)12-7-10(2)5-6-14(12)18-3/h5-7,9,11H,4,8,16H2,1-3H3. The lowest BCUT2D eigenvalue weighted by molar-refractivity contribution is 0.416. The number of hydrogen-bond acceptors (Lipinski definition) is 4. The van der Waals surface area contributed by atoms with Crippen molar-refractivity contribution in [3.05, 3.63) is 34.2 Å². The predicted octanol–water partition coefficient (Wildman–Crippen LogP) is 3.41. The highest BCUT2D eigenvalue weighted by atomic mass is 32.1. The molecule has 102 valence electrons. The molecule has 0 fully saturated rings. The summed E-state index contributed by atoms with van der Waals surface area (Å²) in [6.07, 6.45) is 1.82. The summed E-state index contributed by atoms with van der Waals surface area (Å²) in [6, 6.07) is 6.33. The van der Waals surface area contributed by atoms with E-state index in [1.807, 2.05) is 12.1 Å². The number of nitrogens with two attached hydrogens (primary N) is 1. The minimum absolute atomic E-state index is 0.193. The molecule has 2 aromatic rings. The Morgan fingerprint density at radius 1 is 1.42 bits per heavy atom. The fraction of sp³-hybridized carbons (Fsp3) is 0.400. The molecule has 0 aliphatic heterocycles. The van der Waals surface area contributed by atoms with Crippen molar-refractivity contribution >= 4 is 11.3 Å². The third-order valence-corrected chi connectivity index (χ3v) is 4.02. The molecule has 1 heterocycles. The zero-order chi connectivity index (χ0) is 13.8. The molecule has 0 spiro atoms. The molecule has 0 aliphatic carbocycles. The van der Waals surface area contributed by atoms with Crippen LogP contribution >= 0.6 is 11.3 Å². The Hall–Kier alpha value is -1.39. The highest BCUT2D eigenvalue weighted by Gasteiger charge is 2.11.